The molecule has 174 valence electrons. The van der Waals surface area contributed by atoms with Gasteiger partial charge in [-0.25, -0.2) is 4.98 Å². The average Bonchev–Trinajstić information content (AvgIpc) is 2.84. The molecule has 0 aliphatic carbocycles. The zero-order chi connectivity index (χ0) is 24.5. The minimum absolute atomic E-state index is 0.399. The lowest BCUT2D eigenvalue weighted by Gasteiger charge is -2.09. The van der Waals surface area contributed by atoms with Gasteiger partial charge in [0.05, 0.1) is 22.8 Å². The van der Waals surface area contributed by atoms with E-state index in [4.69, 9.17) is 24.4 Å². The average molecular weight is 490 g/mol. The van der Waals surface area contributed by atoms with E-state index in [9.17, 15) is 0 Å². The molecule has 2 aromatic carbocycles. The lowest BCUT2D eigenvalue weighted by molar-refractivity contribution is 1.02. The fourth-order valence-electron chi connectivity index (χ4n) is 2.81. The van der Waals surface area contributed by atoms with E-state index in [1.165, 1.54) is 11.1 Å². The molecule has 0 radical (unpaired) electrons. The van der Waals surface area contributed by atoms with Gasteiger partial charge in [-0.05, 0) is 88.5 Å². The van der Waals surface area contributed by atoms with Gasteiger partial charge in [-0.1, -0.05) is 41.5 Å². The third-order valence-electron chi connectivity index (χ3n) is 4.76. The summed E-state index contributed by atoms with van der Waals surface area (Å²) in [7, 11) is 0. The Morgan fingerprint density at radius 2 is 1.03 bits per heavy atom. The van der Waals surface area contributed by atoms with Crippen molar-refractivity contribution >= 4 is 57.5 Å². The number of nitrogens with zero attached hydrogens (tertiary/aromatic N) is 3. The first-order valence-corrected chi connectivity index (χ1v) is 11.5. The van der Waals surface area contributed by atoms with Gasteiger partial charge in [0.2, 0.25) is 0 Å². The molecule has 7 nitrogen and oxygen atoms in total. The predicted octanol–water partition coefficient (Wildman–Crippen LogP) is 5.12. The van der Waals surface area contributed by atoms with E-state index >= 15 is 0 Å². The highest BCUT2D eigenvalue weighted by molar-refractivity contribution is 7.80. The summed E-state index contributed by atoms with van der Waals surface area (Å²) in [6.07, 6.45) is 0. The Labute approximate surface area is 210 Å². The number of aryl methyl sites for hydroxylation is 2. The molecule has 0 aliphatic rings. The van der Waals surface area contributed by atoms with Gasteiger partial charge in [-0.3, -0.25) is 10.9 Å². The number of nitrogens with one attached hydrogen (secondary N) is 4. The van der Waals surface area contributed by atoms with Gasteiger partial charge in [-0.15, -0.1) is 0 Å². The SMILES string of the molecule is CC(=NNC(=S)Nc1ccc(C)cc1)c1cccc(C(C)=NNC(=S)Nc2ccc(C)cc2)n1. The van der Waals surface area contributed by atoms with E-state index in [0.717, 1.165) is 11.4 Å². The molecule has 0 saturated heterocycles. The number of thiocarbonyl (C=S) groups is 2. The van der Waals surface area contributed by atoms with Crippen LogP contribution in [0.25, 0.3) is 0 Å². The van der Waals surface area contributed by atoms with Crippen molar-refractivity contribution in [2.24, 2.45) is 10.2 Å². The van der Waals surface area contributed by atoms with Gasteiger partial charge in [0.25, 0.3) is 0 Å². The van der Waals surface area contributed by atoms with Crippen molar-refractivity contribution in [2.45, 2.75) is 27.7 Å². The number of anilines is 2. The maximum absolute atomic E-state index is 5.32. The quantitative estimate of drug-likeness (QED) is 0.217. The Bertz CT molecular complexity index is 1120. The molecule has 1 aromatic heterocycles. The molecule has 0 atom stereocenters. The number of hydrogen-bond acceptors (Lipinski definition) is 5. The van der Waals surface area contributed by atoms with Crippen LogP contribution in [0.3, 0.4) is 0 Å². The van der Waals surface area contributed by atoms with Gasteiger partial charge in [-0.2, -0.15) is 10.2 Å². The second-order valence-electron chi connectivity index (χ2n) is 7.67. The molecule has 0 aliphatic heterocycles. The zero-order valence-corrected chi connectivity index (χ0v) is 21.1. The molecule has 0 unspecified atom stereocenters. The summed E-state index contributed by atoms with van der Waals surface area (Å²) in [6, 6.07) is 21.6. The second-order valence-corrected chi connectivity index (χ2v) is 8.48. The van der Waals surface area contributed by atoms with Crippen LogP contribution in [-0.2, 0) is 0 Å². The summed E-state index contributed by atoms with van der Waals surface area (Å²) in [5, 5.41) is 15.7. The minimum atomic E-state index is 0.399. The normalized spacial score (nSPS) is 11.5. The van der Waals surface area contributed by atoms with Crippen LogP contribution in [0, 0.1) is 13.8 Å². The lowest BCUT2D eigenvalue weighted by atomic mass is 10.2. The standard InChI is InChI=1S/C25H27N7S2/c1-16-8-12-20(13-9-16)26-24(33)31-29-18(3)22-6-5-7-23(28-22)19(4)30-32-25(34)27-21-14-10-17(2)11-15-21/h5-15H,1-4H3,(H2,26,31,33)(H2,27,32,34). The topological polar surface area (TPSA) is 85.7 Å². The summed E-state index contributed by atoms with van der Waals surface area (Å²) in [5.74, 6) is 0. The van der Waals surface area contributed by atoms with Crippen LogP contribution in [0.2, 0.25) is 0 Å². The molecule has 0 saturated carbocycles. The number of aromatic nitrogens is 1. The summed E-state index contributed by atoms with van der Waals surface area (Å²) in [6.45, 7) is 7.79. The Morgan fingerprint density at radius 1 is 0.647 bits per heavy atom. The first kappa shape index (κ1) is 24.9. The predicted molar refractivity (Wildman–Crippen MR) is 150 cm³/mol. The van der Waals surface area contributed by atoms with Crippen LogP contribution in [0.5, 0.6) is 0 Å². The van der Waals surface area contributed by atoms with Gasteiger partial charge in [0, 0.05) is 11.4 Å². The first-order chi connectivity index (χ1) is 16.3. The zero-order valence-electron chi connectivity index (χ0n) is 19.5. The van der Waals surface area contributed by atoms with E-state index < -0.39 is 0 Å². The summed E-state index contributed by atoms with van der Waals surface area (Å²) in [4.78, 5) is 4.65. The Kier molecular flexibility index (Phi) is 8.78. The summed E-state index contributed by atoms with van der Waals surface area (Å²) < 4.78 is 0. The number of benzene rings is 2. The Hall–Kier alpha value is -3.69. The van der Waals surface area contributed by atoms with Crippen LogP contribution in [0.1, 0.15) is 36.4 Å². The van der Waals surface area contributed by atoms with Crippen molar-refractivity contribution in [1.29, 1.82) is 0 Å². The van der Waals surface area contributed by atoms with Crippen LogP contribution < -0.4 is 21.5 Å². The second kappa shape index (κ2) is 12.0. The van der Waals surface area contributed by atoms with Gasteiger partial charge < -0.3 is 10.6 Å². The van der Waals surface area contributed by atoms with Crippen molar-refractivity contribution in [3.63, 3.8) is 0 Å². The molecule has 0 spiro atoms. The lowest BCUT2D eigenvalue weighted by Crippen LogP contribution is -2.25. The van der Waals surface area contributed by atoms with E-state index in [1.807, 2.05) is 94.4 Å². The smallest absolute Gasteiger partial charge is 0.191 e. The molecule has 0 bridgehead atoms. The molecule has 0 amide bonds. The van der Waals surface area contributed by atoms with Crippen molar-refractivity contribution in [2.75, 3.05) is 10.6 Å². The third kappa shape index (κ3) is 7.72. The summed E-state index contributed by atoms with van der Waals surface area (Å²) in [5.41, 5.74) is 12.7. The molecule has 3 rings (SSSR count). The van der Waals surface area contributed by atoms with Crippen LogP contribution in [0.15, 0.2) is 76.9 Å². The first-order valence-electron chi connectivity index (χ1n) is 10.6. The Morgan fingerprint density at radius 3 is 1.41 bits per heavy atom. The van der Waals surface area contributed by atoms with Crippen molar-refractivity contribution < 1.29 is 0 Å². The van der Waals surface area contributed by atoms with Gasteiger partial charge >= 0.3 is 0 Å². The molecular formula is C25H27N7S2. The summed E-state index contributed by atoms with van der Waals surface area (Å²) >= 11 is 10.6. The minimum Gasteiger partial charge on any atom is -0.331 e. The fraction of sp³-hybridized carbons (Fsp3) is 0.160. The van der Waals surface area contributed by atoms with E-state index in [-0.39, 0.29) is 0 Å². The molecule has 1 heterocycles. The molecule has 34 heavy (non-hydrogen) atoms. The van der Waals surface area contributed by atoms with E-state index in [2.05, 4.69) is 36.7 Å². The largest absolute Gasteiger partial charge is 0.331 e. The highest BCUT2D eigenvalue weighted by Gasteiger charge is 2.06. The van der Waals surface area contributed by atoms with Crippen LogP contribution in [-0.4, -0.2) is 26.6 Å². The number of pyridine rings is 1. The maximum Gasteiger partial charge on any atom is 0.191 e. The van der Waals surface area contributed by atoms with E-state index in [1.54, 1.807) is 0 Å². The van der Waals surface area contributed by atoms with Crippen molar-refractivity contribution in [3.05, 3.63) is 89.2 Å². The highest BCUT2D eigenvalue weighted by Crippen LogP contribution is 2.09. The van der Waals surface area contributed by atoms with Crippen molar-refractivity contribution in [1.82, 2.24) is 15.8 Å². The van der Waals surface area contributed by atoms with Gasteiger partial charge in [0.1, 0.15) is 0 Å². The molecule has 0 fully saturated rings. The molecular weight excluding hydrogens is 462 g/mol. The third-order valence-corrected chi connectivity index (χ3v) is 5.15. The monoisotopic (exact) mass is 489 g/mol. The number of rotatable bonds is 6. The number of hydrazone groups is 2. The van der Waals surface area contributed by atoms with Crippen LogP contribution in [0.4, 0.5) is 11.4 Å². The van der Waals surface area contributed by atoms with Crippen LogP contribution >= 0.6 is 24.4 Å². The fourth-order valence-corrected chi connectivity index (χ4v) is 3.14. The van der Waals surface area contributed by atoms with Gasteiger partial charge in [0.15, 0.2) is 10.2 Å². The van der Waals surface area contributed by atoms with E-state index in [0.29, 0.717) is 33.0 Å². The number of hydrogen-bond donors (Lipinski definition) is 4. The molecule has 3 aromatic rings. The van der Waals surface area contributed by atoms with Crippen molar-refractivity contribution in [3.8, 4) is 0 Å². The highest BCUT2D eigenvalue weighted by atomic mass is 32.1. The molecule has 4 N–H and O–H groups in total. The molecule has 9 heteroatoms. The Balaban J connectivity index is 1.58. The maximum atomic E-state index is 5.32.